The fourth-order valence-electron chi connectivity index (χ4n) is 3.63. The minimum absolute atomic E-state index is 0.129. The van der Waals surface area contributed by atoms with Gasteiger partial charge in [0.05, 0.1) is 17.7 Å². The van der Waals surface area contributed by atoms with Crippen LogP contribution in [0.15, 0.2) is 35.6 Å². The first kappa shape index (κ1) is 20.2. The van der Waals surface area contributed by atoms with Gasteiger partial charge in [0.2, 0.25) is 5.95 Å². The van der Waals surface area contributed by atoms with Crippen LogP contribution in [0.2, 0.25) is 0 Å². The van der Waals surface area contributed by atoms with Crippen molar-refractivity contribution < 1.29 is 14.0 Å². The molecule has 4 rings (SSSR count). The number of amides is 3. The first-order chi connectivity index (χ1) is 15.0. The zero-order chi connectivity index (χ0) is 22.0. The summed E-state index contributed by atoms with van der Waals surface area (Å²) in [6.07, 6.45) is 3.52. The van der Waals surface area contributed by atoms with Crippen molar-refractivity contribution in [1.29, 1.82) is 5.26 Å². The van der Waals surface area contributed by atoms with Crippen LogP contribution in [0, 0.1) is 17.1 Å². The molecule has 0 bridgehead atoms. The molecular formula is C20H19FN8O2. The van der Waals surface area contributed by atoms with E-state index in [4.69, 9.17) is 11.0 Å². The van der Waals surface area contributed by atoms with Crippen molar-refractivity contribution in [1.82, 2.24) is 19.9 Å². The van der Waals surface area contributed by atoms with Crippen LogP contribution in [0.25, 0.3) is 0 Å². The summed E-state index contributed by atoms with van der Waals surface area (Å²) in [5, 5.41) is 14.6. The number of carbonyl (C=O) groups is 2. The van der Waals surface area contributed by atoms with Crippen molar-refractivity contribution in [2.75, 3.05) is 31.1 Å². The molecule has 1 fully saturated rings. The van der Waals surface area contributed by atoms with Crippen LogP contribution < -0.4 is 10.6 Å². The van der Waals surface area contributed by atoms with Crippen LogP contribution in [0.5, 0.6) is 0 Å². The lowest BCUT2D eigenvalue weighted by Gasteiger charge is -2.37. The zero-order valence-corrected chi connectivity index (χ0v) is 16.5. The van der Waals surface area contributed by atoms with Gasteiger partial charge in [-0.2, -0.15) is 10.4 Å². The second kappa shape index (κ2) is 8.35. The van der Waals surface area contributed by atoms with Gasteiger partial charge >= 0.3 is 6.03 Å². The van der Waals surface area contributed by atoms with Crippen LogP contribution >= 0.6 is 0 Å². The summed E-state index contributed by atoms with van der Waals surface area (Å²) in [6, 6.07) is 6.66. The van der Waals surface area contributed by atoms with E-state index < -0.39 is 17.8 Å². The molecule has 3 amide bonds. The van der Waals surface area contributed by atoms with Gasteiger partial charge in [-0.3, -0.25) is 4.79 Å². The maximum absolute atomic E-state index is 13.9. The smallest absolute Gasteiger partial charge is 0.341 e. The lowest BCUT2D eigenvalue weighted by Crippen LogP contribution is -2.52. The van der Waals surface area contributed by atoms with E-state index in [1.54, 1.807) is 17.2 Å². The molecule has 2 aromatic rings. The number of nitriles is 1. The Hall–Kier alpha value is -4.07. The van der Waals surface area contributed by atoms with Gasteiger partial charge in [-0.05, 0) is 29.8 Å². The number of hydrogen-bond acceptors (Lipinski definition) is 7. The summed E-state index contributed by atoms with van der Waals surface area (Å²) in [4.78, 5) is 36.3. The standard InChI is InChI=1S/C20H19FN8O2/c21-15-10-13(12-22)9-14(11-15)17-2-4-25-29(17)20(31)28-7-5-27(6-8-28)19-24-3-1-16(26-19)18(23)30/h1,3-4,9-11,17H,2,5-8H2,(H2,23,30). The van der Waals surface area contributed by atoms with E-state index in [-0.39, 0.29) is 17.3 Å². The Morgan fingerprint density at radius 2 is 1.97 bits per heavy atom. The molecule has 158 valence electrons. The minimum atomic E-state index is -0.632. The van der Waals surface area contributed by atoms with E-state index in [0.717, 1.165) is 6.07 Å². The number of halogens is 1. The summed E-state index contributed by atoms with van der Waals surface area (Å²) < 4.78 is 13.9. The third kappa shape index (κ3) is 4.13. The van der Waals surface area contributed by atoms with Gasteiger partial charge in [0.15, 0.2) is 0 Å². The predicted molar refractivity (Wildman–Crippen MR) is 109 cm³/mol. The molecule has 0 radical (unpaired) electrons. The first-order valence-corrected chi connectivity index (χ1v) is 9.65. The van der Waals surface area contributed by atoms with Crippen molar-refractivity contribution in [3.8, 4) is 6.07 Å². The molecule has 31 heavy (non-hydrogen) atoms. The Balaban J connectivity index is 1.44. The first-order valence-electron chi connectivity index (χ1n) is 9.65. The van der Waals surface area contributed by atoms with E-state index in [9.17, 15) is 14.0 Å². The van der Waals surface area contributed by atoms with Crippen molar-refractivity contribution in [2.45, 2.75) is 12.5 Å². The molecule has 11 heteroatoms. The summed E-state index contributed by atoms with van der Waals surface area (Å²) >= 11 is 0. The second-order valence-corrected chi connectivity index (χ2v) is 7.14. The van der Waals surface area contributed by atoms with Crippen LogP contribution in [0.1, 0.15) is 34.1 Å². The number of anilines is 1. The van der Waals surface area contributed by atoms with Gasteiger partial charge in [-0.1, -0.05) is 0 Å². The quantitative estimate of drug-likeness (QED) is 0.792. The molecule has 0 saturated carbocycles. The Bertz CT molecular complexity index is 1090. The molecule has 1 aromatic carbocycles. The van der Waals surface area contributed by atoms with Crippen molar-refractivity contribution in [3.63, 3.8) is 0 Å². The molecular weight excluding hydrogens is 403 g/mol. The van der Waals surface area contributed by atoms with Gasteiger partial charge in [0.25, 0.3) is 5.91 Å². The van der Waals surface area contributed by atoms with Crippen LogP contribution in [-0.2, 0) is 0 Å². The van der Waals surface area contributed by atoms with Gasteiger partial charge in [-0.15, -0.1) is 0 Å². The Morgan fingerprint density at radius 1 is 1.19 bits per heavy atom. The molecule has 1 unspecified atom stereocenters. The molecule has 1 saturated heterocycles. The maximum Gasteiger partial charge on any atom is 0.341 e. The fraction of sp³-hybridized carbons (Fsp3) is 0.300. The SMILES string of the molecule is N#Cc1cc(F)cc(C2CC=NN2C(=O)N2CCN(c3nccc(C(N)=O)n3)CC2)c1. The number of carbonyl (C=O) groups excluding carboxylic acids is 2. The second-order valence-electron chi connectivity index (χ2n) is 7.14. The van der Waals surface area contributed by atoms with Gasteiger partial charge < -0.3 is 15.5 Å². The van der Waals surface area contributed by atoms with E-state index in [2.05, 4.69) is 15.1 Å². The molecule has 3 heterocycles. The molecule has 2 aliphatic heterocycles. The third-order valence-electron chi connectivity index (χ3n) is 5.19. The van der Waals surface area contributed by atoms with E-state index in [1.165, 1.54) is 23.3 Å². The minimum Gasteiger partial charge on any atom is -0.364 e. The molecule has 2 N–H and O–H groups in total. The molecule has 0 spiro atoms. The average Bonchev–Trinajstić information content (AvgIpc) is 3.28. The Morgan fingerprint density at radius 3 is 2.68 bits per heavy atom. The van der Waals surface area contributed by atoms with Crippen LogP contribution in [-0.4, -0.2) is 64.2 Å². The normalized spacial score (nSPS) is 18.2. The number of benzene rings is 1. The lowest BCUT2D eigenvalue weighted by molar-refractivity contribution is 0.0995. The predicted octanol–water partition coefficient (Wildman–Crippen LogP) is 1.26. The number of hydrazone groups is 1. The Labute approximate surface area is 177 Å². The number of nitrogens with zero attached hydrogens (tertiary/aromatic N) is 7. The summed E-state index contributed by atoms with van der Waals surface area (Å²) in [5.41, 5.74) is 6.12. The largest absolute Gasteiger partial charge is 0.364 e. The number of hydrogen-bond donors (Lipinski definition) is 1. The summed E-state index contributed by atoms with van der Waals surface area (Å²) in [6.45, 7) is 1.73. The number of rotatable bonds is 3. The number of primary amides is 1. The van der Waals surface area contributed by atoms with E-state index >= 15 is 0 Å². The highest BCUT2D eigenvalue weighted by atomic mass is 19.1. The topological polar surface area (TPSA) is 132 Å². The van der Waals surface area contributed by atoms with E-state index in [1.807, 2.05) is 11.0 Å². The molecule has 0 aliphatic carbocycles. The lowest BCUT2D eigenvalue weighted by atomic mass is 10.0. The molecule has 1 aromatic heterocycles. The third-order valence-corrected chi connectivity index (χ3v) is 5.19. The monoisotopic (exact) mass is 422 g/mol. The zero-order valence-electron chi connectivity index (χ0n) is 16.5. The van der Waals surface area contributed by atoms with Crippen molar-refractivity contribution in [3.05, 3.63) is 53.1 Å². The number of urea groups is 1. The van der Waals surface area contributed by atoms with Gasteiger partial charge in [-0.25, -0.2) is 24.2 Å². The van der Waals surface area contributed by atoms with Crippen LogP contribution in [0.4, 0.5) is 15.1 Å². The number of aromatic nitrogens is 2. The van der Waals surface area contributed by atoms with Crippen molar-refractivity contribution in [2.24, 2.45) is 10.8 Å². The fourth-order valence-corrected chi connectivity index (χ4v) is 3.63. The summed E-state index contributed by atoms with van der Waals surface area (Å²) in [5.74, 6) is -0.781. The highest BCUT2D eigenvalue weighted by molar-refractivity contribution is 5.90. The molecule has 1 atom stereocenters. The van der Waals surface area contributed by atoms with Gasteiger partial charge in [0.1, 0.15) is 11.5 Å². The molecule has 10 nitrogen and oxygen atoms in total. The number of nitrogens with two attached hydrogens (primary N) is 1. The van der Waals surface area contributed by atoms with Crippen LogP contribution in [0.3, 0.4) is 0 Å². The highest BCUT2D eigenvalue weighted by Gasteiger charge is 2.33. The summed E-state index contributed by atoms with van der Waals surface area (Å²) in [7, 11) is 0. The van der Waals surface area contributed by atoms with Gasteiger partial charge in [0, 0.05) is 45.0 Å². The Kier molecular flexibility index (Phi) is 5.44. The molecule has 2 aliphatic rings. The van der Waals surface area contributed by atoms with E-state index in [0.29, 0.717) is 44.1 Å². The van der Waals surface area contributed by atoms with Crippen molar-refractivity contribution >= 4 is 24.1 Å². The maximum atomic E-state index is 13.9. The number of piperazine rings is 1. The highest BCUT2D eigenvalue weighted by Crippen LogP contribution is 2.30. The average molecular weight is 422 g/mol.